The number of nitrogens with one attached hydrogen (secondary N) is 1. The predicted octanol–water partition coefficient (Wildman–Crippen LogP) is 2.69. The van der Waals surface area contributed by atoms with Crippen LogP contribution in [0.1, 0.15) is 39.3 Å². The molecule has 2 amide bonds. The number of amides is 2. The average Bonchev–Trinajstić information content (AvgIpc) is 3.30. The highest BCUT2D eigenvalue weighted by Gasteiger charge is 2.29. The lowest BCUT2D eigenvalue weighted by Gasteiger charge is -2.42. The number of nitrogens with zero attached hydrogens (tertiary/aromatic N) is 3. The van der Waals surface area contributed by atoms with Crippen molar-refractivity contribution < 1.29 is 14.0 Å². The van der Waals surface area contributed by atoms with Gasteiger partial charge in [0.05, 0.1) is 6.26 Å². The number of furan rings is 1. The first-order chi connectivity index (χ1) is 14.5. The van der Waals surface area contributed by atoms with Gasteiger partial charge in [0.25, 0.3) is 11.8 Å². The number of benzene rings is 1. The molecule has 0 spiro atoms. The minimum Gasteiger partial charge on any atom is -0.459 e. The van der Waals surface area contributed by atoms with E-state index in [0.717, 1.165) is 38.3 Å². The molecular weight excluding hydrogens is 380 g/mol. The lowest BCUT2D eigenvalue weighted by Crippen LogP contribution is -2.55. The van der Waals surface area contributed by atoms with E-state index in [-0.39, 0.29) is 17.6 Å². The molecule has 2 saturated heterocycles. The van der Waals surface area contributed by atoms with Gasteiger partial charge in [0, 0.05) is 50.0 Å². The monoisotopic (exact) mass is 410 g/mol. The highest BCUT2D eigenvalue weighted by Crippen LogP contribution is 2.21. The molecule has 7 heteroatoms. The Balaban J connectivity index is 1.38. The number of hydrogen-bond acceptors (Lipinski definition) is 5. The van der Waals surface area contributed by atoms with Gasteiger partial charge in [-0.1, -0.05) is 6.07 Å². The molecule has 2 aromatic rings. The third-order valence-corrected chi connectivity index (χ3v) is 6.20. The van der Waals surface area contributed by atoms with Crippen molar-refractivity contribution in [1.29, 1.82) is 0 Å². The Morgan fingerprint density at radius 2 is 1.90 bits per heavy atom. The lowest BCUT2D eigenvalue weighted by molar-refractivity contribution is 0.0452. The largest absolute Gasteiger partial charge is 0.459 e. The summed E-state index contributed by atoms with van der Waals surface area (Å²) in [5, 5.41) is 2.85. The van der Waals surface area contributed by atoms with Gasteiger partial charge in [0.2, 0.25) is 0 Å². The normalized spacial score (nSPS) is 20.9. The van der Waals surface area contributed by atoms with Gasteiger partial charge in [-0.3, -0.25) is 14.5 Å². The van der Waals surface area contributed by atoms with Crippen LogP contribution < -0.4 is 5.32 Å². The number of likely N-dealkylation sites (N-methyl/N-ethyl adjacent to an activating group) is 1. The molecule has 0 aliphatic carbocycles. The molecule has 1 unspecified atom stereocenters. The summed E-state index contributed by atoms with van der Waals surface area (Å²) < 4.78 is 5.15. The first-order valence-corrected chi connectivity index (χ1v) is 10.7. The Morgan fingerprint density at radius 3 is 2.60 bits per heavy atom. The quantitative estimate of drug-likeness (QED) is 0.839. The number of likely N-dealkylation sites (tertiary alicyclic amines) is 1. The second-order valence-corrected chi connectivity index (χ2v) is 8.35. The molecule has 0 bridgehead atoms. The molecule has 1 aromatic heterocycles. The van der Waals surface area contributed by atoms with Gasteiger partial charge < -0.3 is 19.5 Å². The molecule has 2 aliphatic heterocycles. The lowest BCUT2D eigenvalue weighted by atomic mass is 10.0. The summed E-state index contributed by atoms with van der Waals surface area (Å²) in [6.07, 6.45) is 3.96. The van der Waals surface area contributed by atoms with Gasteiger partial charge in [0.15, 0.2) is 5.76 Å². The fraction of sp³-hybridized carbons (Fsp3) is 0.478. The zero-order valence-corrected chi connectivity index (χ0v) is 17.8. The standard InChI is InChI=1S/C23H30N4O3/c1-17-7-8-18(15-20(17)24-22(28)21-6-4-14-30-21)23(29)27-12-10-26(11-13-27)19-5-3-9-25(2)16-19/h4,6-8,14-15,19H,3,5,9-13,16H2,1-2H3,(H,24,28). The van der Waals surface area contributed by atoms with Crippen LogP contribution in [-0.4, -0.2) is 78.9 Å². The SMILES string of the molecule is Cc1ccc(C(=O)N2CCN(C3CCCN(C)C3)CC2)cc1NC(=O)c1ccco1. The number of hydrogen-bond donors (Lipinski definition) is 1. The Hall–Kier alpha value is -2.64. The smallest absolute Gasteiger partial charge is 0.291 e. The molecule has 30 heavy (non-hydrogen) atoms. The zero-order chi connectivity index (χ0) is 21.1. The van der Waals surface area contributed by atoms with Crippen molar-refractivity contribution in [3.8, 4) is 0 Å². The van der Waals surface area contributed by atoms with Gasteiger partial charge in [-0.05, 0) is 63.2 Å². The van der Waals surface area contributed by atoms with Gasteiger partial charge >= 0.3 is 0 Å². The third-order valence-electron chi connectivity index (χ3n) is 6.20. The minimum absolute atomic E-state index is 0.0175. The first-order valence-electron chi connectivity index (χ1n) is 10.7. The molecule has 1 aromatic carbocycles. The summed E-state index contributed by atoms with van der Waals surface area (Å²) in [7, 11) is 2.19. The third kappa shape index (κ3) is 4.57. The summed E-state index contributed by atoms with van der Waals surface area (Å²) in [6, 6.07) is 9.36. The van der Waals surface area contributed by atoms with Crippen molar-refractivity contribution >= 4 is 17.5 Å². The number of anilines is 1. The number of piperidine rings is 1. The molecule has 3 heterocycles. The zero-order valence-electron chi connectivity index (χ0n) is 17.8. The molecule has 160 valence electrons. The summed E-state index contributed by atoms with van der Waals surface area (Å²) in [4.78, 5) is 32.2. The van der Waals surface area contributed by atoms with E-state index in [0.29, 0.717) is 17.3 Å². The Morgan fingerprint density at radius 1 is 1.10 bits per heavy atom. The van der Waals surface area contributed by atoms with Gasteiger partial charge in [-0.15, -0.1) is 0 Å². The van der Waals surface area contributed by atoms with Crippen molar-refractivity contribution in [2.45, 2.75) is 25.8 Å². The van der Waals surface area contributed by atoms with E-state index >= 15 is 0 Å². The van der Waals surface area contributed by atoms with E-state index in [2.05, 4.69) is 22.2 Å². The number of rotatable bonds is 4. The average molecular weight is 411 g/mol. The molecular formula is C23H30N4O3. The van der Waals surface area contributed by atoms with E-state index in [4.69, 9.17) is 4.42 Å². The maximum atomic E-state index is 13.1. The first kappa shape index (κ1) is 20.6. The molecule has 2 aliphatic rings. The summed E-state index contributed by atoms with van der Waals surface area (Å²) in [5.41, 5.74) is 2.13. The number of carbonyl (C=O) groups excluding carboxylic acids is 2. The molecule has 4 rings (SSSR count). The van der Waals surface area contributed by atoms with Crippen LogP contribution in [0, 0.1) is 6.92 Å². The Labute approximate surface area is 177 Å². The van der Waals surface area contributed by atoms with Crippen LogP contribution in [0.5, 0.6) is 0 Å². The van der Waals surface area contributed by atoms with Crippen LogP contribution in [-0.2, 0) is 0 Å². The van der Waals surface area contributed by atoms with Crippen molar-refractivity contribution in [1.82, 2.24) is 14.7 Å². The van der Waals surface area contributed by atoms with Gasteiger partial charge in [0.1, 0.15) is 0 Å². The summed E-state index contributed by atoms with van der Waals surface area (Å²) >= 11 is 0. The van der Waals surface area contributed by atoms with E-state index in [9.17, 15) is 9.59 Å². The predicted molar refractivity (Wildman–Crippen MR) is 116 cm³/mol. The molecule has 1 atom stereocenters. The number of carbonyl (C=O) groups is 2. The highest BCUT2D eigenvalue weighted by atomic mass is 16.3. The highest BCUT2D eigenvalue weighted by molar-refractivity contribution is 6.03. The topological polar surface area (TPSA) is 69.0 Å². The maximum absolute atomic E-state index is 13.1. The van der Waals surface area contributed by atoms with E-state index in [1.165, 1.54) is 25.6 Å². The van der Waals surface area contributed by atoms with Gasteiger partial charge in [-0.2, -0.15) is 0 Å². The number of aryl methyl sites for hydroxylation is 1. The molecule has 2 fully saturated rings. The number of piperazine rings is 1. The van der Waals surface area contributed by atoms with E-state index in [1.807, 2.05) is 24.0 Å². The van der Waals surface area contributed by atoms with Gasteiger partial charge in [-0.25, -0.2) is 0 Å². The van der Waals surface area contributed by atoms with Crippen LogP contribution in [0.4, 0.5) is 5.69 Å². The summed E-state index contributed by atoms with van der Waals surface area (Å²) in [5.74, 6) is -0.0571. The molecule has 0 radical (unpaired) electrons. The Bertz CT molecular complexity index is 888. The fourth-order valence-electron chi connectivity index (χ4n) is 4.39. The fourth-order valence-corrected chi connectivity index (χ4v) is 4.39. The van der Waals surface area contributed by atoms with Crippen LogP contribution >= 0.6 is 0 Å². The van der Waals surface area contributed by atoms with Crippen molar-refractivity contribution in [3.63, 3.8) is 0 Å². The molecule has 0 saturated carbocycles. The van der Waals surface area contributed by atoms with Crippen molar-refractivity contribution in [3.05, 3.63) is 53.5 Å². The maximum Gasteiger partial charge on any atom is 0.291 e. The van der Waals surface area contributed by atoms with Crippen LogP contribution in [0.3, 0.4) is 0 Å². The molecule has 7 nitrogen and oxygen atoms in total. The molecule has 1 N–H and O–H groups in total. The van der Waals surface area contributed by atoms with Crippen LogP contribution in [0.15, 0.2) is 41.0 Å². The Kier molecular flexibility index (Phi) is 6.20. The van der Waals surface area contributed by atoms with Crippen molar-refractivity contribution in [2.24, 2.45) is 0 Å². The van der Waals surface area contributed by atoms with Crippen LogP contribution in [0.2, 0.25) is 0 Å². The summed E-state index contributed by atoms with van der Waals surface area (Å²) in [6.45, 7) is 7.51. The second kappa shape index (κ2) is 9.02. The van der Waals surface area contributed by atoms with Crippen LogP contribution in [0.25, 0.3) is 0 Å². The van der Waals surface area contributed by atoms with E-state index in [1.54, 1.807) is 18.2 Å². The van der Waals surface area contributed by atoms with E-state index < -0.39 is 0 Å². The second-order valence-electron chi connectivity index (χ2n) is 8.35. The minimum atomic E-state index is -0.321. The van der Waals surface area contributed by atoms with Crippen molar-refractivity contribution in [2.75, 3.05) is 51.6 Å².